The standard InChI is InChI=1S/C11H16N2O4S/c1-15-7-5-13(6-8(7)16-2)11-12-4-9(18-11)10(14)17-3/h4,7-8H,5-6H2,1-3H3. The Morgan fingerprint density at radius 3 is 2.44 bits per heavy atom. The fourth-order valence-corrected chi connectivity index (χ4v) is 2.81. The van der Waals surface area contributed by atoms with Crippen molar-refractivity contribution in [1.82, 2.24) is 4.98 Å². The van der Waals surface area contributed by atoms with E-state index in [9.17, 15) is 4.79 Å². The molecule has 1 aliphatic heterocycles. The topological polar surface area (TPSA) is 60.9 Å². The highest BCUT2D eigenvalue weighted by atomic mass is 32.1. The molecule has 1 saturated heterocycles. The minimum Gasteiger partial charge on any atom is -0.465 e. The number of carbonyl (C=O) groups is 1. The number of thiazole rings is 1. The van der Waals surface area contributed by atoms with Crippen LogP contribution in [0.1, 0.15) is 9.67 Å². The van der Waals surface area contributed by atoms with Gasteiger partial charge in [-0.3, -0.25) is 0 Å². The Bertz CT molecular complexity index is 411. The van der Waals surface area contributed by atoms with Crippen LogP contribution in [0.5, 0.6) is 0 Å². The molecule has 0 aromatic carbocycles. The van der Waals surface area contributed by atoms with Crippen LogP contribution in [0.2, 0.25) is 0 Å². The average molecular weight is 272 g/mol. The van der Waals surface area contributed by atoms with Crippen molar-refractivity contribution in [2.24, 2.45) is 0 Å². The third-order valence-corrected chi connectivity index (χ3v) is 4.01. The van der Waals surface area contributed by atoms with Crippen LogP contribution in [-0.4, -0.2) is 57.6 Å². The molecule has 0 aliphatic carbocycles. The third-order valence-electron chi connectivity index (χ3n) is 2.97. The molecule has 0 N–H and O–H groups in total. The SMILES string of the molecule is COC(=O)c1cnc(N2CC(OC)C(OC)C2)s1. The van der Waals surface area contributed by atoms with Gasteiger partial charge in [0.25, 0.3) is 0 Å². The molecule has 1 fully saturated rings. The zero-order chi connectivity index (χ0) is 13.1. The summed E-state index contributed by atoms with van der Waals surface area (Å²) in [7, 11) is 4.70. The van der Waals surface area contributed by atoms with E-state index in [4.69, 9.17) is 9.47 Å². The van der Waals surface area contributed by atoms with Gasteiger partial charge in [0.05, 0.1) is 13.3 Å². The first-order chi connectivity index (χ1) is 8.69. The van der Waals surface area contributed by atoms with E-state index in [1.54, 1.807) is 14.2 Å². The first-order valence-electron chi connectivity index (χ1n) is 5.54. The molecule has 18 heavy (non-hydrogen) atoms. The van der Waals surface area contributed by atoms with E-state index in [0.29, 0.717) is 18.0 Å². The molecule has 2 heterocycles. The monoisotopic (exact) mass is 272 g/mol. The number of hydrogen-bond acceptors (Lipinski definition) is 7. The molecule has 1 aliphatic rings. The summed E-state index contributed by atoms with van der Waals surface area (Å²) in [5.41, 5.74) is 0. The Morgan fingerprint density at radius 1 is 1.33 bits per heavy atom. The van der Waals surface area contributed by atoms with Gasteiger partial charge in [0.2, 0.25) is 0 Å². The second-order valence-electron chi connectivity index (χ2n) is 3.95. The lowest BCUT2D eigenvalue weighted by atomic mass is 10.3. The molecule has 6 nitrogen and oxygen atoms in total. The second kappa shape index (κ2) is 5.64. The summed E-state index contributed by atoms with van der Waals surface area (Å²) in [6.45, 7) is 1.42. The van der Waals surface area contributed by atoms with Crippen LogP contribution >= 0.6 is 11.3 Å². The highest BCUT2D eigenvalue weighted by Crippen LogP contribution is 2.28. The molecule has 2 atom stereocenters. The van der Waals surface area contributed by atoms with E-state index in [0.717, 1.165) is 5.13 Å². The molecule has 2 unspecified atom stereocenters. The molecule has 0 bridgehead atoms. The number of esters is 1. The van der Waals surface area contributed by atoms with Crippen molar-refractivity contribution < 1.29 is 19.0 Å². The van der Waals surface area contributed by atoms with Crippen molar-refractivity contribution in [3.8, 4) is 0 Å². The molecule has 0 radical (unpaired) electrons. The minimum atomic E-state index is -0.357. The maximum absolute atomic E-state index is 11.4. The predicted molar refractivity (Wildman–Crippen MR) is 67.3 cm³/mol. The predicted octanol–water partition coefficient (Wildman–Crippen LogP) is 0.780. The van der Waals surface area contributed by atoms with Gasteiger partial charge in [-0.05, 0) is 0 Å². The third kappa shape index (κ3) is 2.47. The summed E-state index contributed by atoms with van der Waals surface area (Å²) in [4.78, 5) is 18.2. The number of aromatic nitrogens is 1. The lowest BCUT2D eigenvalue weighted by Crippen LogP contribution is -2.27. The van der Waals surface area contributed by atoms with Crippen molar-refractivity contribution >= 4 is 22.4 Å². The van der Waals surface area contributed by atoms with Gasteiger partial charge in [-0.2, -0.15) is 0 Å². The number of ether oxygens (including phenoxy) is 3. The summed E-state index contributed by atoms with van der Waals surface area (Å²) >= 11 is 1.32. The molecule has 2 rings (SSSR count). The number of carbonyl (C=O) groups excluding carboxylic acids is 1. The fraction of sp³-hybridized carbons (Fsp3) is 0.636. The van der Waals surface area contributed by atoms with Crippen LogP contribution in [0.3, 0.4) is 0 Å². The lowest BCUT2D eigenvalue weighted by molar-refractivity contribution is -0.00461. The first-order valence-corrected chi connectivity index (χ1v) is 6.36. The Hall–Kier alpha value is -1.18. The van der Waals surface area contributed by atoms with E-state index in [2.05, 4.69) is 14.6 Å². The molecular formula is C11H16N2O4S. The molecule has 0 spiro atoms. The molecule has 1 aromatic rings. The molecule has 1 aromatic heterocycles. The summed E-state index contributed by atoms with van der Waals surface area (Å²) in [6.07, 6.45) is 1.59. The second-order valence-corrected chi connectivity index (χ2v) is 4.96. The highest BCUT2D eigenvalue weighted by Gasteiger charge is 2.34. The maximum Gasteiger partial charge on any atom is 0.349 e. The van der Waals surface area contributed by atoms with Crippen molar-refractivity contribution in [2.75, 3.05) is 39.3 Å². The van der Waals surface area contributed by atoms with Crippen molar-refractivity contribution in [3.63, 3.8) is 0 Å². The van der Waals surface area contributed by atoms with Gasteiger partial charge in [-0.25, -0.2) is 9.78 Å². The van der Waals surface area contributed by atoms with E-state index >= 15 is 0 Å². The first kappa shape index (κ1) is 13.3. The van der Waals surface area contributed by atoms with Crippen molar-refractivity contribution in [2.45, 2.75) is 12.2 Å². The van der Waals surface area contributed by atoms with Crippen LogP contribution in [0.25, 0.3) is 0 Å². The fourth-order valence-electron chi connectivity index (χ4n) is 1.96. The number of anilines is 1. The van der Waals surface area contributed by atoms with Crippen molar-refractivity contribution in [1.29, 1.82) is 0 Å². The summed E-state index contributed by atoms with van der Waals surface area (Å²) in [6, 6.07) is 0. The van der Waals surface area contributed by atoms with Gasteiger partial charge in [-0.15, -0.1) is 0 Å². The highest BCUT2D eigenvalue weighted by molar-refractivity contribution is 7.17. The Kier molecular flexibility index (Phi) is 4.15. The normalized spacial score (nSPS) is 23.4. The Morgan fingerprint density at radius 2 is 1.94 bits per heavy atom. The van der Waals surface area contributed by atoms with Gasteiger partial charge in [-0.1, -0.05) is 11.3 Å². The van der Waals surface area contributed by atoms with Gasteiger partial charge < -0.3 is 19.1 Å². The molecule has 0 amide bonds. The maximum atomic E-state index is 11.4. The van der Waals surface area contributed by atoms with E-state index in [1.807, 2.05) is 0 Å². The quantitative estimate of drug-likeness (QED) is 0.755. The van der Waals surface area contributed by atoms with Gasteiger partial charge in [0.1, 0.15) is 17.1 Å². The molecule has 0 saturated carbocycles. The Balaban J connectivity index is 2.09. The van der Waals surface area contributed by atoms with E-state index < -0.39 is 0 Å². The largest absolute Gasteiger partial charge is 0.465 e. The van der Waals surface area contributed by atoms with Crippen LogP contribution in [0.15, 0.2) is 6.20 Å². The van der Waals surface area contributed by atoms with Crippen LogP contribution in [-0.2, 0) is 14.2 Å². The molecular weight excluding hydrogens is 256 g/mol. The lowest BCUT2D eigenvalue weighted by Gasteiger charge is -2.13. The number of rotatable bonds is 4. The summed E-state index contributed by atoms with van der Waals surface area (Å²) < 4.78 is 15.4. The van der Waals surface area contributed by atoms with Gasteiger partial charge >= 0.3 is 5.97 Å². The van der Waals surface area contributed by atoms with Gasteiger partial charge in [0, 0.05) is 27.3 Å². The van der Waals surface area contributed by atoms with Gasteiger partial charge in [0.15, 0.2) is 5.13 Å². The van der Waals surface area contributed by atoms with E-state index in [1.165, 1.54) is 24.6 Å². The average Bonchev–Trinajstić information content (AvgIpc) is 3.03. The van der Waals surface area contributed by atoms with Crippen molar-refractivity contribution in [3.05, 3.63) is 11.1 Å². The zero-order valence-corrected chi connectivity index (χ0v) is 11.4. The Labute approximate surface area is 109 Å². The summed E-state index contributed by atoms with van der Waals surface area (Å²) in [5, 5.41) is 0.789. The number of methoxy groups -OCH3 is 3. The summed E-state index contributed by atoms with van der Waals surface area (Å²) in [5.74, 6) is -0.357. The molecule has 100 valence electrons. The van der Waals surface area contributed by atoms with E-state index in [-0.39, 0.29) is 18.2 Å². The van der Waals surface area contributed by atoms with Crippen LogP contribution < -0.4 is 4.90 Å². The minimum absolute atomic E-state index is 0.0282. The zero-order valence-electron chi connectivity index (χ0n) is 10.6. The molecule has 7 heteroatoms. The van der Waals surface area contributed by atoms with Crippen LogP contribution in [0, 0.1) is 0 Å². The smallest absolute Gasteiger partial charge is 0.349 e. The van der Waals surface area contributed by atoms with Crippen LogP contribution in [0.4, 0.5) is 5.13 Å². The number of nitrogens with zero attached hydrogens (tertiary/aromatic N) is 2. The number of hydrogen-bond donors (Lipinski definition) is 0.